The number of nitrogens with zero attached hydrogens (tertiary/aromatic N) is 1. The van der Waals surface area contributed by atoms with Crippen LogP contribution in [-0.4, -0.2) is 12.5 Å². The van der Waals surface area contributed by atoms with Crippen molar-refractivity contribution < 1.29 is 4.79 Å². The van der Waals surface area contributed by atoms with Crippen molar-refractivity contribution in [2.24, 2.45) is 11.3 Å². The van der Waals surface area contributed by atoms with Crippen LogP contribution in [0.25, 0.3) is 0 Å². The molecule has 92 valence electrons. The molecule has 0 aliphatic rings. The van der Waals surface area contributed by atoms with E-state index >= 15 is 0 Å². The first-order chi connectivity index (χ1) is 7.60. The van der Waals surface area contributed by atoms with Crippen LogP contribution in [0.2, 0.25) is 0 Å². The van der Waals surface area contributed by atoms with Crippen LogP contribution in [0.15, 0.2) is 0 Å². The molecule has 3 heteroatoms. The van der Waals surface area contributed by atoms with Crippen LogP contribution in [0.5, 0.6) is 0 Å². The maximum absolute atomic E-state index is 12.0. The molecule has 0 aliphatic heterocycles. The molecule has 1 amide bonds. The molecule has 0 rings (SSSR count). The van der Waals surface area contributed by atoms with Crippen LogP contribution in [0.3, 0.4) is 0 Å². The van der Waals surface area contributed by atoms with Gasteiger partial charge in [-0.15, -0.1) is 0 Å². The highest BCUT2D eigenvalue weighted by Gasteiger charge is 2.34. The van der Waals surface area contributed by atoms with Gasteiger partial charge in [-0.3, -0.25) is 4.79 Å². The molecule has 0 radical (unpaired) electrons. The van der Waals surface area contributed by atoms with Crippen LogP contribution in [0, 0.1) is 22.7 Å². The molecule has 0 fully saturated rings. The van der Waals surface area contributed by atoms with E-state index in [1.165, 1.54) is 0 Å². The molecule has 3 nitrogen and oxygen atoms in total. The number of nitriles is 1. The van der Waals surface area contributed by atoms with Crippen molar-refractivity contribution in [3.05, 3.63) is 0 Å². The fraction of sp³-hybridized carbons (Fsp3) is 0.846. The maximum atomic E-state index is 12.0. The Morgan fingerprint density at radius 3 is 2.06 bits per heavy atom. The SMILES string of the molecule is CCC(CC)CNC(=O)C(C#N)(CC)CC. The van der Waals surface area contributed by atoms with E-state index in [1.54, 1.807) is 0 Å². The summed E-state index contributed by atoms with van der Waals surface area (Å²) in [4.78, 5) is 12.0. The average molecular weight is 224 g/mol. The third kappa shape index (κ3) is 3.52. The van der Waals surface area contributed by atoms with E-state index in [-0.39, 0.29) is 5.91 Å². The van der Waals surface area contributed by atoms with E-state index < -0.39 is 5.41 Å². The molecule has 0 saturated carbocycles. The van der Waals surface area contributed by atoms with Gasteiger partial charge < -0.3 is 5.32 Å². The van der Waals surface area contributed by atoms with Gasteiger partial charge in [0.2, 0.25) is 5.91 Å². The van der Waals surface area contributed by atoms with E-state index in [1.807, 2.05) is 13.8 Å². The summed E-state index contributed by atoms with van der Waals surface area (Å²) in [6, 6.07) is 2.16. The van der Waals surface area contributed by atoms with E-state index in [2.05, 4.69) is 25.2 Å². The second-order valence-electron chi connectivity index (χ2n) is 4.29. The predicted octanol–water partition coefficient (Wildman–Crippen LogP) is 2.87. The molecular weight excluding hydrogens is 200 g/mol. The number of hydrogen-bond donors (Lipinski definition) is 1. The zero-order valence-corrected chi connectivity index (χ0v) is 11.0. The molecule has 0 aromatic heterocycles. The Morgan fingerprint density at radius 2 is 1.75 bits per heavy atom. The molecule has 0 aromatic rings. The smallest absolute Gasteiger partial charge is 0.240 e. The van der Waals surface area contributed by atoms with Crippen molar-refractivity contribution in [1.82, 2.24) is 5.32 Å². The van der Waals surface area contributed by atoms with E-state index in [4.69, 9.17) is 5.26 Å². The van der Waals surface area contributed by atoms with E-state index in [0.29, 0.717) is 25.3 Å². The van der Waals surface area contributed by atoms with Gasteiger partial charge in [-0.1, -0.05) is 40.5 Å². The van der Waals surface area contributed by atoms with Gasteiger partial charge in [0, 0.05) is 6.54 Å². The van der Waals surface area contributed by atoms with Crippen molar-refractivity contribution in [2.45, 2.75) is 53.4 Å². The van der Waals surface area contributed by atoms with Gasteiger partial charge in [0.1, 0.15) is 5.41 Å². The number of carbonyl (C=O) groups is 1. The van der Waals surface area contributed by atoms with Crippen molar-refractivity contribution in [1.29, 1.82) is 5.26 Å². The third-order valence-corrected chi connectivity index (χ3v) is 3.56. The van der Waals surface area contributed by atoms with E-state index in [0.717, 1.165) is 12.8 Å². The standard InChI is InChI=1S/C13H24N2O/c1-5-11(6-2)9-15-12(16)13(7-3,8-4)10-14/h11H,5-9H2,1-4H3,(H,15,16). The summed E-state index contributed by atoms with van der Waals surface area (Å²) in [5.74, 6) is 0.418. The number of carbonyl (C=O) groups excluding carboxylic acids is 1. The first kappa shape index (κ1) is 15.0. The molecule has 0 spiro atoms. The molecule has 0 saturated heterocycles. The summed E-state index contributed by atoms with van der Waals surface area (Å²) in [5, 5.41) is 12.0. The quantitative estimate of drug-likeness (QED) is 0.723. The summed E-state index contributed by atoms with van der Waals surface area (Å²) in [6.07, 6.45) is 3.28. The Labute approximate surface area is 99.2 Å². The second kappa shape index (κ2) is 7.27. The summed E-state index contributed by atoms with van der Waals surface area (Å²) in [5.41, 5.74) is -0.827. The van der Waals surface area contributed by atoms with Gasteiger partial charge in [0.15, 0.2) is 0 Å². The van der Waals surface area contributed by atoms with E-state index in [9.17, 15) is 4.79 Å². The van der Waals surface area contributed by atoms with Gasteiger partial charge in [-0.2, -0.15) is 5.26 Å². The summed E-state index contributed by atoms with van der Waals surface area (Å²) in [6.45, 7) is 8.72. The van der Waals surface area contributed by atoms with Crippen molar-refractivity contribution in [3.8, 4) is 6.07 Å². The average Bonchev–Trinajstić information content (AvgIpc) is 2.33. The Morgan fingerprint density at radius 1 is 1.25 bits per heavy atom. The zero-order chi connectivity index (χ0) is 12.6. The topological polar surface area (TPSA) is 52.9 Å². The van der Waals surface area contributed by atoms with Gasteiger partial charge in [-0.05, 0) is 18.8 Å². The first-order valence-corrected chi connectivity index (χ1v) is 6.29. The number of rotatable bonds is 7. The fourth-order valence-corrected chi connectivity index (χ4v) is 1.76. The molecule has 0 aromatic carbocycles. The zero-order valence-electron chi connectivity index (χ0n) is 11.0. The van der Waals surface area contributed by atoms with Crippen LogP contribution < -0.4 is 5.32 Å². The van der Waals surface area contributed by atoms with Crippen LogP contribution in [-0.2, 0) is 4.79 Å². The maximum Gasteiger partial charge on any atom is 0.240 e. The minimum Gasteiger partial charge on any atom is -0.354 e. The lowest BCUT2D eigenvalue weighted by Crippen LogP contribution is -2.41. The molecule has 0 atom stereocenters. The first-order valence-electron chi connectivity index (χ1n) is 6.29. The molecule has 1 N–H and O–H groups in total. The van der Waals surface area contributed by atoms with Crippen LogP contribution in [0.4, 0.5) is 0 Å². The molecule has 0 heterocycles. The van der Waals surface area contributed by atoms with Crippen LogP contribution in [0.1, 0.15) is 53.4 Å². The normalized spacial score (nSPS) is 11.2. The minimum absolute atomic E-state index is 0.105. The minimum atomic E-state index is -0.827. The lowest BCUT2D eigenvalue weighted by Gasteiger charge is -2.23. The van der Waals surface area contributed by atoms with Crippen LogP contribution >= 0.6 is 0 Å². The Bertz CT molecular complexity index is 247. The Hall–Kier alpha value is -1.04. The molecular formula is C13H24N2O. The highest BCUT2D eigenvalue weighted by atomic mass is 16.2. The van der Waals surface area contributed by atoms with Crippen molar-refractivity contribution in [2.75, 3.05) is 6.54 Å². The summed E-state index contributed by atoms with van der Waals surface area (Å²) < 4.78 is 0. The highest BCUT2D eigenvalue weighted by molar-refractivity contribution is 5.85. The largest absolute Gasteiger partial charge is 0.354 e. The van der Waals surface area contributed by atoms with Gasteiger partial charge in [-0.25, -0.2) is 0 Å². The third-order valence-electron chi connectivity index (χ3n) is 3.56. The van der Waals surface area contributed by atoms with Gasteiger partial charge in [0.05, 0.1) is 6.07 Å². The Balaban J connectivity index is 4.39. The molecule has 16 heavy (non-hydrogen) atoms. The predicted molar refractivity (Wildman–Crippen MR) is 65.7 cm³/mol. The summed E-state index contributed by atoms with van der Waals surface area (Å²) >= 11 is 0. The van der Waals surface area contributed by atoms with Crippen molar-refractivity contribution in [3.63, 3.8) is 0 Å². The van der Waals surface area contributed by atoms with Gasteiger partial charge in [0.25, 0.3) is 0 Å². The summed E-state index contributed by atoms with van der Waals surface area (Å²) in [7, 11) is 0. The number of amides is 1. The number of hydrogen-bond acceptors (Lipinski definition) is 2. The Kier molecular flexibility index (Phi) is 6.80. The lowest BCUT2D eigenvalue weighted by molar-refractivity contribution is -0.128. The van der Waals surface area contributed by atoms with Gasteiger partial charge >= 0.3 is 0 Å². The highest BCUT2D eigenvalue weighted by Crippen LogP contribution is 2.25. The molecule has 0 unspecified atom stereocenters. The number of nitrogens with one attached hydrogen (secondary N) is 1. The monoisotopic (exact) mass is 224 g/mol. The molecule has 0 aliphatic carbocycles. The lowest BCUT2D eigenvalue weighted by atomic mass is 9.83. The van der Waals surface area contributed by atoms with Crippen molar-refractivity contribution >= 4 is 5.91 Å². The second-order valence-corrected chi connectivity index (χ2v) is 4.29. The fourth-order valence-electron chi connectivity index (χ4n) is 1.76. The molecule has 0 bridgehead atoms.